The molecule has 1 aliphatic heterocycles. The molecule has 0 spiro atoms. The molecule has 2 aliphatic rings. The Kier molecular flexibility index (Phi) is 1.99. The van der Waals surface area contributed by atoms with Gasteiger partial charge in [0.05, 0.1) is 5.60 Å². The Morgan fingerprint density at radius 2 is 2.42 bits per heavy atom. The van der Waals surface area contributed by atoms with Gasteiger partial charge in [-0.2, -0.15) is 0 Å². The maximum atomic E-state index is 5.83. The average molecular weight is 166 g/mol. The highest BCUT2D eigenvalue weighted by molar-refractivity contribution is 5.08. The van der Waals surface area contributed by atoms with Gasteiger partial charge in [-0.3, -0.25) is 0 Å². The van der Waals surface area contributed by atoms with Gasteiger partial charge in [-0.15, -0.1) is 0 Å². The molecule has 0 aromatic rings. The number of ether oxygens (including phenoxy) is 1. The van der Waals surface area contributed by atoms with Crippen molar-refractivity contribution in [1.82, 2.24) is 0 Å². The van der Waals surface area contributed by atoms with Gasteiger partial charge in [0.25, 0.3) is 0 Å². The molecule has 0 unspecified atom stereocenters. The molecular formula is C11H18O. The van der Waals surface area contributed by atoms with Crippen LogP contribution in [-0.2, 0) is 4.74 Å². The Labute approximate surface area is 74.8 Å². The maximum absolute atomic E-state index is 5.83. The second-order valence-electron chi connectivity index (χ2n) is 4.26. The molecule has 68 valence electrons. The van der Waals surface area contributed by atoms with E-state index in [1.807, 2.05) is 0 Å². The lowest BCUT2D eigenvalue weighted by Crippen LogP contribution is -2.37. The Hall–Kier alpha value is -0.300. The Morgan fingerprint density at radius 1 is 1.58 bits per heavy atom. The van der Waals surface area contributed by atoms with E-state index in [9.17, 15) is 0 Å². The van der Waals surface area contributed by atoms with Crippen molar-refractivity contribution in [3.05, 3.63) is 12.2 Å². The first kappa shape index (κ1) is 8.31. The second kappa shape index (κ2) is 2.88. The SMILES string of the molecule is CC[C@@H]1C=CC[C@@]2(C)OCC[C@H]12. The first-order chi connectivity index (χ1) is 5.76. The van der Waals surface area contributed by atoms with E-state index in [1.165, 1.54) is 12.8 Å². The summed E-state index contributed by atoms with van der Waals surface area (Å²) in [5.41, 5.74) is 0.176. The van der Waals surface area contributed by atoms with E-state index in [4.69, 9.17) is 4.74 Å². The molecule has 1 heterocycles. The van der Waals surface area contributed by atoms with Crippen LogP contribution in [0.4, 0.5) is 0 Å². The van der Waals surface area contributed by atoms with Gasteiger partial charge in [0.15, 0.2) is 0 Å². The molecule has 0 radical (unpaired) electrons. The van der Waals surface area contributed by atoms with Gasteiger partial charge in [-0.05, 0) is 38.0 Å². The minimum atomic E-state index is 0.176. The summed E-state index contributed by atoms with van der Waals surface area (Å²) in [6, 6.07) is 0. The van der Waals surface area contributed by atoms with E-state index in [2.05, 4.69) is 26.0 Å². The molecule has 3 atom stereocenters. The van der Waals surface area contributed by atoms with Crippen LogP contribution in [-0.4, -0.2) is 12.2 Å². The summed E-state index contributed by atoms with van der Waals surface area (Å²) in [7, 11) is 0. The number of hydrogen-bond acceptors (Lipinski definition) is 1. The first-order valence-electron chi connectivity index (χ1n) is 5.07. The number of hydrogen-bond donors (Lipinski definition) is 0. The molecule has 0 amide bonds. The van der Waals surface area contributed by atoms with Crippen molar-refractivity contribution < 1.29 is 4.74 Å². The molecule has 1 aliphatic carbocycles. The largest absolute Gasteiger partial charge is 0.375 e. The van der Waals surface area contributed by atoms with Crippen LogP contribution in [0.25, 0.3) is 0 Å². The molecule has 0 aromatic carbocycles. The van der Waals surface area contributed by atoms with Gasteiger partial charge in [0.1, 0.15) is 0 Å². The summed E-state index contributed by atoms with van der Waals surface area (Å²) in [4.78, 5) is 0. The number of fused-ring (bicyclic) bond motifs is 1. The number of allylic oxidation sites excluding steroid dienone is 1. The summed E-state index contributed by atoms with van der Waals surface area (Å²) < 4.78 is 5.83. The van der Waals surface area contributed by atoms with Gasteiger partial charge in [0, 0.05) is 6.61 Å². The highest BCUT2D eigenvalue weighted by atomic mass is 16.5. The van der Waals surface area contributed by atoms with Gasteiger partial charge in [0.2, 0.25) is 0 Å². The van der Waals surface area contributed by atoms with Crippen LogP contribution in [0.2, 0.25) is 0 Å². The molecule has 12 heavy (non-hydrogen) atoms. The Bertz CT molecular complexity index is 197. The first-order valence-corrected chi connectivity index (χ1v) is 5.07. The molecule has 0 aromatic heterocycles. The molecular weight excluding hydrogens is 148 g/mol. The van der Waals surface area contributed by atoms with Crippen LogP contribution in [0.5, 0.6) is 0 Å². The van der Waals surface area contributed by atoms with Crippen molar-refractivity contribution in [2.24, 2.45) is 11.8 Å². The predicted octanol–water partition coefficient (Wildman–Crippen LogP) is 2.77. The third-order valence-electron chi connectivity index (χ3n) is 3.54. The second-order valence-corrected chi connectivity index (χ2v) is 4.26. The summed E-state index contributed by atoms with van der Waals surface area (Å²) >= 11 is 0. The van der Waals surface area contributed by atoms with E-state index in [0.717, 1.165) is 24.9 Å². The van der Waals surface area contributed by atoms with Crippen molar-refractivity contribution in [2.45, 2.75) is 38.7 Å². The lowest BCUT2D eigenvalue weighted by Gasteiger charge is -2.36. The van der Waals surface area contributed by atoms with E-state index >= 15 is 0 Å². The van der Waals surface area contributed by atoms with Crippen molar-refractivity contribution >= 4 is 0 Å². The van der Waals surface area contributed by atoms with Gasteiger partial charge < -0.3 is 4.74 Å². The summed E-state index contributed by atoms with van der Waals surface area (Å²) in [5, 5.41) is 0. The quantitative estimate of drug-likeness (QED) is 0.544. The summed E-state index contributed by atoms with van der Waals surface area (Å²) in [6.07, 6.45) is 8.34. The van der Waals surface area contributed by atoms with Crippen LogP contribution in [0, 0.1) is 11.8 Å². The van der Waals surface area contributed by atoms with Crippen molar-refractivity contribution in [3.8, 4) is 0 Å². The summed E-state index contributed by atoms with van der Waals surface area (Å²) in [6.45, 7) is 5.52. The Balaban J connectivity index is 2.21. The number of rotatable bonds is 1. The molecule has 1 fully saturated rings. The monoisotopic (exact) mass is 166 g/mol. The summed E-state index contributed by atoms with van der Waals surface area (Å²) in [5.74, 6) is 1.55. The fourth-order valence-electron chi connectivity index (χ4n) is 2.74. The Morgan fingerprint density at radius 3 is 3.17 bits per heavy atom. The third kappa shape index (κ3) is 1.11. The molecule has 0 N–H and O–H groups in total. The molecule has 0 saturated carbocycles. The minimum absolute atomic E-state index is 0.176. The average Bonchev–Trinajstić information content (AvgIpc) is 2.45. The zero-order valence-corrected chi connectivity index (χ0v) is 8.05. The zero-order chi connectivity index (χ0) is 8.60. The predicted molar refractivity (Wildman–Crippen MR) is 50.0 cm³/mol. The fraction of sp³-hybridized carbons (Fsp3) is 0.818. The van der Waals surface area contributed by atoms with Crippen LogP contribution < -0.4 is 0 Å². The minimum Gasteiger partial charge on any atom is -0.375 e. The maximum Gasteiger partial charge on any atom is 0.0723 e. The molecule has 2 rings (SSSR count). The van der Waals surface area contributed by atoms with Crippen LogP contribution in [0.15, 0.2) is 12.2 Å². The van der Waals surface area contributed by atoms with Crippen LogP contribution in [0.3, 0.4) is 0 Å². The van der Waals surface area contributed by atoms with Crippen LogP contribution >= 0.6 is 0 Å². The molecule has 0 bridgehead atoms. The van der Waals surface area contributed by atoms with Crippen LogP contribution in [0.1, 0.15) is 33.1 Å². The third-order valence-corrected chi connectivity index (χ3v) is 3.54. The van der Waals surface area contributed by atoms with Crippen molar-refractivity contribution in [3.63, 3.8) is 0 Å². The smallest absolute Gasteiger partial charge is 0.0723 e. The fourth-order valence-corrected chi connectivity index (χ4v) is 2.74. The van der Waals surface area contributed by atoms with Crippen molar-refractivity contribution in [2.75, 3.05) is 6.61 Å². The van der Waals surface area contributed by atoms with Crippen molar-refractivity contribution in [1.29, 1.82) is 0 Å². The zero-order valence-electron chi connectivity index (χ0n) is 8.05. The highest BCUT2D eigenvalue weighted by Gasteiger charge is 2.43. The van der Waals surface area contributed by atoms with Gasteiger partial charge >= 0.3 is 0 Å². The molecule has 1 nitrogen and oxygen atoms in total. The normalized spacial score (nSPS) is 46.2. The molecule has 1 heteroatoms. The van der Waals surface area contributed by atoms with Gasteiger partial charge in [-0.1, -0.05) is 19.1 Å². The molecule has 1 saturated heterocycles. The van der Waals surface area contributed by atoms with E-state index in [-0.39, 0.29) is 5.60 Å². The van der Waals surface area contributed by atoms with E-state index < -0.39 is 0 Å². The highest BCUT2D eigenvalue weighted by Crippen LogP contribution is 2.44. The topological polar surface area (TPSA) is 9.23 Å². The van der Waals surface area contributed by atoms with E-state index in [1.54, 1.807) is 0 Å². The lowest BCUT2D eigenvalue weighted by molar-refractivity contribution is -0.0176. The lowest BCUT2D eigenvalue weighted by atomic mass is 9.72. The van der Waals surface area contributed by atoms with Gasteiger partial charge in [-0.25, -0.2) is 0 Å². The standard InChI is InChI=1S/C11H18O/c1-3-9-5-4-7-11(2)10(9)6-8-12-11/h4-5,9-10H,3,6-8H2,1-2H3/t9-,10-,11-/m1/s1. The van der Waals surface area contributed by atoms with E-state index in [0.29, 0.717) is 0 Å².